The van der Waals surface area contributed by atoms with E-state index in [2.05, 4.69) is 47.1 Å². The number of hydrogen-bond donors (Lipinski definition) is 0. The topological polar surface area (TPSA) is 43.6 Å². The summed E-state index contributed by atoms with van der Waals surface area (Å²) in [5, 5.41) is 4.52. The standard InChI is InChI=1S/C15H18N4/c1-11(2)13-8-16-14-10-19(18-15(14)17-13)9-12-6-4-3-5-7-12/h4,6-8,10-11H,3,5,9H2,1-2H3. The van der Waals surface area contributed by atoms with Crippen molar-refractivity contribution in [3.8, 4) is 0 Å². The average molecular weight is 254 g/mol. The van der Waals surface area contributed by atoms with Crippen molar-refractivity contribution in [1.82, 2.24) is 19.7 Å². The highest BCUT2D eigenvalue weighted by atomic mass is 15.3. The predicted octanol–water partition coefficient (Wildman–Crippen LogP) is 3.23. The molecule has 0 spiro atoms. The zero-order valence-corrected chi connectivity index (χ0v) is 11.4. The molecule has 0 radical (unpaired) electrons. The van der Waals surface area contributed by atoms with Gasteiger partial charge >= 0.3 is 0 Å². The second-order valence-electron chi connectivity index (χ2n) is 5.24. The maximum absolute atomic E-state index is 4.56. The quantitative estimate of drug-likeness (QED) is 0.844. The lowest BCUT2D eigenvalue weighted by Crippen LogP contribution is -2.01. The van der Waals surface area contributed by atoms with Crippen molar-refractivity contribution in [3.05, 3.63) is 41.9 Å². The highest BCUT2D eigenvalue weighted by Gasteiger charge is 2.08. The Morgan fingerprint density at radius 1 is 1.32 bits per heavy atom. The summed E-state index contributed by atoms with van der Waals surface area (Å²) in [4.78, 5) is 8.99. The fraction of sp³-hybridized carbons (Fsp3) is 0.400. The van der Waals surface area contributed by atoms with Crippen LogP contribution in [-0.2, 0) is 6.54 Å². The Kier molecular flexibility index (Phi) is 3.15. The minimum Gasteiger partial charge on any atom is -0.264 e. The van der Waals surface area contributed by atoms with Gasteiger partial charge in [0, 0.05) is 6.20 Å². The van der Waals surface area contributed by atoms with Gasteiger partial charge in [0.1, 0.15) is 5.52 Å². The van der Waals surface area contributed by atoms with Crippen LogP contribution in [0.3, 0.4) is 0 Å². The lowest BCUT2D eigenvalue weighted by atomic mass is 10.1. The van der Waals surface area contributed by atoms with E-state index in [1.54, 1.807) is 0 Å². The third kappa shape index (κ3) is 2.57. The van der Waals surface area contributed by atoms with Crippen LogP contribution >= 0.6 is 0 Å². The Balaban J connectivity index is 1.89. The smallest absolute Gasteiger partial charge is 0.200 e. The van der Waals surface area contributed by atoms with Crippen LogP contribution in [0.25, 0.3) is 11.2 Å². The lowest BCUT2D eigenvalue weighted by Gasteiger charge is -2.06. The van der Waals surface area contributed by atoms with Crippen LogP contribution in [0.4, 0.5) is 0 Å². The third-order valence-electron chi connectivity index (χ3n) is 3.30. The maximum Gasteiger partial charge on any atom is 0.200 e. The van der Waals surface area contributed by atoms with Crippen molar-refractivity contribution in [1.29, 1.82) is 0 Å². The molecule has 2 heterocycles. The Hall–Kier alpha value is -1.97. The van der Waals surface area contributed by atoms with Crippen molar-refractivity contribution in [3.63, 3.8) is 0 Å². The lowest BCUT2D eigenvalue weighted by molar-refractivity contribution is 0.686. The molecule has 98 valence electrons. The fourth-order valence-corrected chi connectivity index (χ4v) is 2.19. The van der Waals surface area contributed by atoms with Crippen molar-refractivity contribution in [2.45, 2.75) is 39.2 Å². The van der Waals surface area contributed by atoms with Crippen molar-refractivity contribution >= 4 is 11.2 Å². The molecule has 0 aliphatic heterocycles. The summed E-state index contributed by atoms with van der Waals surface area (Å²) in [6.07, 6.45) is 12.7. The van der Waals surface area contributed by atoms with Gasteiger partial charge in [0.15, 0.2) is 5.65 Å². The SMILES string of the molecule is CC(C)c1cnc2cn(CC3=CCCC=C3)nc2n1. The Bertz CT molecular complexity index is 649. The molecule has 0 fully saturated rings. The number of rotatable bonds is 3. The molecule has 1 aliphatic rings. The molecule has 19 heavy (non-hydrogen) atoms. The van der Waals surface area contributed by atoms with E-state index in [0.717, 1.165) is 36.2 Å². The van der Waals surface area contributed by atoms with E-state index < -0.39 is 0 Å². The van der Waals surface area contributed by atoms with Gasteiger partial charge in [0.25, 0.3) is 0 Å². The summed E-state index contributed by atoms with van der Waals surface area (Å²) >= 11 is 0. The summed E-state index contributed by atoms with van der Waals surface area (Å²) in [5.74, 6) is 0.381. The Morgan fingerprint density at radius 3 is 2.95 bits per heavy atom. The average Bonchev–Trinajstić information content (AvgIpc) is 2.80. The van der Waals surface area contributed by atoms with Crippen molar-refractivity contribution in [2.75, 3.05) is 0 Å². The summed E-state index contributed by atoms with van der Waals surface area (Å²) in [6, 6.07) is 0. The van der Waals surface area contributed by atoms with Crippen LogP contribution in [-0.4, -0.2) is 19.7 Å². The van der Waals surface area contributed by atoms with E-state index >= 15 is 0 Å². The van der Waals surface area contributed by atoms with Crippen molar-refractivity contribution in [2.24, 2.45) is 0 Å². The van der Waals surface area contributed by atoms with Crippen molar-refractivity contribution < 1.29 is 0 Å². The van der Waals surface area contributed by atoms with Gasteiger partial charge in [-0.15, -0.1) is 0 Å². The molecule has 0 amide bonds. The van der Waals surface area contributed by atoms with Gasteiger partial charge in [-0.05, 0) is 24.3 Å². The first kappa shape index (κ1) is 12.1. The zero-order valence-electron chi connectivity index (χ0n) is 11.4. The van der Waals surface area contributed by atoms with Gasteiger partial charge in [-0.3, -0.25) is 4.68 Å². The number of fused-ring (bicyclic) bond motifs is 1. The minimum absolute atomic E-state index is 0.381. The molecular weight excluding hydrogens is 236 g/mol. The molecule has 0 N–H and O–H groups in total. The van der Waals surface area contributed by atoms with E-state index in [1.165, 1.54) is 5.57 Å². The number of allylic oxidation sites excluding steroid dienone is 4. The second-order valence-corrected chi connectivity index (χ2v) is 5.24. The van der Waals surface area contributed by atoms with E-state index in [1.807, 2.05) is 17.1 Å². The zero-order chi connectivity index (χ0) is 13.2. The summed E-state index contributed by atoms with van der Waals surface area (Å²) in [7, 11) is 0. The maximum atomic E-state index is 4.56. The summed E-state index contributed by atoms with van der Waals surface area (Å²) in [6.45, 7) is 5.03. The normalized spacial score (nSPS) is 15.2. The van der Waals surface area contributed by atoms with Gasteiger partial charge in [-0.2, -0.15) is 5.10 Å². The first-order valence-electron chi connectivity index (χ1n) is 6.78. The van der Waals surface area contributed by atoms with Crippen LogP contribution in [0.15, 0.2) is 36.2 Å². The van der Waals surface area contributed by atoms with Crippen LogP contribution < -0.4 is 0 Å². The summed E-state index contributed by atoms with van der Waals surface area (Å²) < 4.78 is 1.93. The highest BCUT2D eigenvalue weighted by molar-refractivity contribution is 5.68. The molecule has 3 rings (SSSR count). The second kappa shape index (κ2) is 4.96. The monoisotopic (exact) mass is 254 g/mol. The number of nitrogens with zero attached hydrogens (tertiary/aromatic N) is 4. The van der Waals surface area contributed by atoms with Gasteiger partial charge < -0.3 is 0 Å². The molecule has 0 atom stereocenters. The van der Waals surface area contributed by atoms with E-state index in [0.29, 0.717) is 5.92 Å². The van der Waals surface area contributed by atoms with Gasteiger partial charge in [0.05, 0.1) is 18.4 Å². The first-order valence-corrected chi connectivity index (χ1v) is 6.78. The molecule has 1 aliphatic carbocycles. The molecule has 0 unspecified atom stereocenters. The molecule has 0 saturated heterocycles. The summed E-state index contributed by atoms with van der Waals surface area (Å²) in [5.41, 5.74) is 3.91. The van der Waals surface area contributed by atoms with E-state index in [-0.39, 0.29) is 0 Å². The van der Waals surface area contributed by atoms with Crippen LogP contribution in [0, 0.1) is 0 Å². The highest BCUT2D eigenvalue weighted by Crippen LogP contribution is 2.16. The fourth-order valence-electron chi connectivity index (χ4n) is 2.19. The Labute approximate surface area is 112 Å². The first-order chi connectivity index (χ1) is 9.22. The van der Waals surface area contributed by atoms with Gasteiger partial charge in [-0.25, -0.2) is 9.97 Å². The molecule has 2 aromatic rings. The molecule has 0 saturated carbocycles. The van der Waals surface area contributed by atoms with Crippen LogP contribution in [0.2, 0.25) is 0 Å². The third-order valence-corrected chi connectivity index (χ3v) is 3.30. The molecule has 2 aromatic heterocycles. The number of aromatic nitrogens is 4. The molecule has 0 aromatic carbocycles. The van der Waals surface area contributed by atoms with E-state index in [9.17, 15) is 0 Å². The Morgan fingerprint density at radius 2 is 2.21 bits per heavy atom. The van der Waals surface area contributed by atoms with Crippen LogP contribution in [0.5, 0.6) is 0 Å². The molecular formula is C15H18N4. The molecule has 4 nitrogen and oxygen atoms in total. The number of hydrogen-bond acceptors (Lipinski definition) is 3. The predicted molar refractivity (Wildman–Crippen MR) is 75.9 cm³/mol. The molecule has 0 bridgehead atoms. The van der Waals surface area contributed by atoms with E-state index in [4.69, 9.17) is 0 Å². The minimum atomic E-state index is 0.381. The van der Waals surface area contributed by atoms with Gasteiger partial charge in [-0.1, -0.05) is 32.1 Å². The van der Waals surface area contributed by atoms with Gasteiger partial charge in [0.2, 0.25) is 0 Å². The van der Waals surface area contributed by atoms with Crippen LogP contribution in [0.1, 0.15) is 38.3 Å². The molecule has 4 heteroatoms. The largest absolute Gasteiger partial charge is 0.264 e.